The number of hydrogen-bond acceptors (Lipinski definition) is 4. The summed E-state index contributed by atoms with van der Waals surface area (Å²) in [6, 6.07) is 0. The van der Waals surface area contributed by atoms with Crippen molar-refractivity contribution in [2.24, 2.45) is 5.92 Å². The largest absolute Gasteiger partial charge is 0.463 e. The van der Waals surface area contributed by atoms with Crippen molar-refractivity contribution in [2.75, 3.05) is 39.5 Å². The highest BCUT2D eigenvalue weighted by Gasteiger charge is 2.14. The van der Waals surface area contributed by atoms with E-state index in [1.165, 1.54) is 32.9 Å². The second kappa shape index (κ2) is 7.63. The smallest absolute Gasteiger partial charge is 0.302 e. The topological polar surface area (TPSA) is 38.8 Å². The Balaban J connectivity index is 1.89. The fourth-order valence-electron chi connectivity index (χ4n) is 1.83. The highest BCUT2D eigenvalue weighted by Crippen LogP contribution is 2.15. The number of carbonyl (C=O) groups is 1. The summed E-state index contributed by atoms with van der Waals surface area (Å²) in [5.74, 6) is 0.634. The molecule has 1 fully saturated rings. The molecule has 94 valence electrons. The molecule has 1 rings (SSSR count). The molecule has 4 nitrogen and oxygen atoms in total. The highest BCUT2D eigenvalue weighted by atomic mass is 16.6. The summed E-state index contributed by atoms with van der Waals surface area (Å²) in [4.78, 5) is 12.9. The number of esters is 1. The average Bonchev–Trinajstić information content (AvgIpc) is 2.25. The Morgan fingerprint density at radius 2 is 1.94 bits per heavy atom. The van der Waals surface area contributed by atoms with Gasteiger partial charge in [-0.05, 0) is 31.8 Å². The van der Waals surface area contributed by atoms with E-state index >= 15 is 0 Å². The summed E-state index contributed by atoms with van der Waals surface area (Å²) in [6.45, 7) is 8.70. The zero-order valence-electron chi connectivity index (χ0n) is 10.4. The molecule has 0 amide bonds. The summed E-state index contributed by atoms with van der Waals surface area (Å²) < 4.78 is 10.2. The van der Waals surface area contributed by atoms with E-state index in [-0.39, 0.29) is 5.97 Å². The summed E-state index contributed by atoms with van der Waals surface area (Å²) in [7, 11) is 0. The lowest BCUT2D eigenvalue weighted by atomic mass is 9.99. The van der Waals surface area contributed by atoms with Gasteiger partial charge < -0.3 is 14.4 Å². The molecular formula is C12H23NO3. The molecule has 0 unspecified atom stereocenters. The van der Waals surface area contributed by atoms with Gasteiger partial charge in [-0.3, -0.25) is 4.79 Å². The summed E-state index contributed by atoms with van der Waals surface area (Å²) in [5, 5.41) is 0. The van der Waals surface area contributed by atoms with Gasteiger partial charge >= 0.3 is 5.97 Å². The van der Waals surface area contributed by atoms with E-state index in [9.17, 15) is 4.79 Å². The molecule has 0 aromatic carbocycles. The predicted octanol–water partition coefficient (Wildman–Crippen LogP) is 1.30. The SMILES string of the molecule is CC(=O)OCCOCCN1CCC(C)CC1. The lowest BCUT2D eigenvalue weighted by molar-refractivity contribution is -0.142. The Bertz CT molecular complexity index is 200. The van der Waals surface area contributed by atoms with Gasteiger partial charge in [0.2, 0.25) is 0 Å². The Labute approximate surface area is 97.9 Å². The van der Waals surface area contributed by atoms with Gasteiger partial charge in [-0.15, -0.1) is 0 Å². The third-order valence-electron chi connectivity index (χ3n) is 2.96. The number of hydrogen-bond donors (Lipinski definition) is 0. The van der Waals surface area contributed by atoms with Gasteiger partial charge in [0.15, 0.2) is 0 Å². The van der Waals surface area contributed by atoms with Crippen molar-refractivity contribution in [1.82, 2.24) is 4.90 Å². The monoisotopic (exact) mass is 229 g/mol. The quantitative estimate of drug-likeness (QED) is 0.508. The van der Waals surface area contributed by atoms with Crippen LogP contribution in [0.3, 0.4) is 0 Å². The second-order valence-electron chi connectivity index (χ2n) is 4.48. The summed E-state index contributed by atoms with van der Waals surface area (Å²) >= 11 is 0. The number of likely N-dealkylation sites (tertiary alicyclic amines) is 1. The van der Waals surface area contributed by atoms with Crippen molar-refractivity contribution < 1.29 is 14.3 Å². The molecular weight excluding hydrogens is 206 g/mol. The van der Waals surface area contributed by atoms with Gasteiger partial charge in [-0.2, -0.15) is 0 Å². The van der Waals surface area contributed by atoms with E-state index < -0.39 is 0 Å². The van der Waals surface area contributed by atoms with Gasteiger partial charge in [0.1, 0.15) is 6.61 Å². The Morgan fingerprint density at radius 3 is 2.56 bits per heavy atom. The maximum absolute atomic E-state index is 10.5. The molecule has 16 heavy (non-hydrogen) atoms. The number of piperidine rings is 1. The first kappa shape index (κ1) is 13.5. The second-order valence-corrected chi connectivity index (χ2v) is 4.48. The van der Waals surface area contributed by atoms with Crippen molar-refractivity contribution >= 4 is 5.97 Å². The third-order valence-corrected chi connectivity index (χ3v) is 2.96. The first-order chi connectivity index (χ1) is 7.68. The van der Waals surface area contributed by atoms with E-state index in [1.807, 2.05) is 0 Å². The van der Waals surface area contributed by atoms with Crippen molar-refractivity contribution in [3.63, 3.8) is 0 Å². The molecule has 0 aromatic heterocycles. The Kier molecular flexibility index (Phi) is 6.42. The molecule has 1 aliphatic rings. The van der Waals surface area contributed by atoms with E-state index in [1.54, 1.807) is 0 Å². The molecule has 1 saturated heterocycles. The summed E-state index contributed by atoms with van der Waals surface area (Å²) in [5.41, 5.74) is 0. The normalized spacial score (nSPS) is 18.6. The van der Waals surface area contributed by atoms with E-state index in [0.717, 1.165) is 19.1 Å². The third kappa shape index (κ3) is 6.08. The van der Waals surface area contributed by atoms with Crippen LogP contribution in [0.25, 0.3) is 0 Å². The van der Waals surface area contributed by atoms with Gasteiger partial charge in [-0.25, -0.2) is 0 Å². The van der Waals surface area contributed by atoms with Crippen LogP contribution >= 0.6 is 0 Å². The predicted molar refractivity (Wildman–Crippen MR) is 62.3 cm³/mol. The van der Waals surface area contributed by atoms with Crippen LogP contribution < -0.4 is 0 Å². The molecule has 0 atom stereocenters. The number of rotatable bonds is 6. The van der Waals surface area contributed by atoms with Crippen molar-refractivity contribution in [2.45, 2.75) is 26.7 Å². The van der Waals surface area contributed by atoms with Crippen LogP contribution in [0.15, 0.2) is 0 Å². The van der Waals surface area contributed by atoms with E-state index in [2.05, 4.69) is 11.8 Å². The lowest BCUT2D eigenvalue weighted by Crippen LogP contribution is -2.35. The van der Waals surface area contributed by atoms with Crippen LogP contribution in [0.1, 0.15) is 26.7 Å². The lowest BCUT2D eigenvalue weighted by Gasteiger charge is -2.29. The van der Waals surface area contributed by atoms with E-state index in [0.29, 0.717) is 13.2 Å². The van der Waals surface area contributed by atoms with Crippen LogP contribution in [0, 0.1) is 5.92 Å². The fourth-order valence-corrected chi connectivity index (χ4v) is 1.83. The van der Waals surface area contributed by atoms with Crippen molar-refractivity contribution in [3.05, 3.63) is 0 Å². The zero-order chi connectivity index (χ0) is 11.8. The van der Waals surface area contributed by atoms with Gasteiger partial charge in [0, 0.05) is 13.5 Å². The molecule has 0 radical (unpaired) electrons. The number of nitrogens with zero attached hydrogens (tertiary/aromatic N) is 1. The minimum absolute atomic E-state index is 0.242. The Morgan fingerprint density at radius 1 is 1.25 bits per heavy atom. The van der Waals surface area contributed by atoms with Crippen molar-refractivity contribution in [3.8, 4) is 0 Å². The van der Waals surface area contributed by atoms with Crippen LogP contribution in [0.4, 0.5) is 0 Å². The molecule has 0 spiro atoms. The van der Waals surface area contributed by atoms with Crippen molar-refractivity contribution in [1.29, 1.82) is 0 Å². The van der Waals surface area contributed by atoms with Gasteiger partial charge in [0.05, 0.1) is 13.2 Å². The average molecular weight is 229 g/mol. The number of carbonyl (C=O) groups excluding carboxylic acids is 1. The molecule has 1 heterocycles. The minimum Gasteiger partial charge on any atom is -0.463 e. The van der Waals surface area contributed by atoms with Crippen LogP contribution in [-0.4, -0.2) is 50.3 Å². The molecule has 0 saturated carbocycles. The standard InChI is InChI=1S/C12H23NO3/c1-11-3-5-13(6-4-11)7-8-15-9-10-16-12(2)14/h11H,3-10H2,1-2H3. The molecule has 0 aliphatic carbocycles. The molecule has 0 aromatic rings. The molecule has 1 aliphatic heterocycles. The van der Waals surface area contributed by atoms with Crippen LogP contribution in [0.2, 0.25) is 0 Å². The molecule has 4 heteroatoms. The van der Waals surface area contributed by atoms with Gasteiger partial charge in [0.25, 0.3) is 0 Å². The molecule has 0 bridgehead atoms. The maximum atomic E-state index is 10.5. The first-order valence-electron chi connectivity index (χ1n) is 6.12. The maximum Gasteiger partial charge on any atom is 0.302 e. The minimum atomic E-state index is -0.242. The van der Waals surface area contributed by atoms with Crippen LogP contribution in [0.5, 0.6) is 0 Å². The van der Waals surface area contributed by atoms with Gasteiger partial charge in [-0.1, -0.05) is 6.92 Å². The van der Waals surface area contributed by atoms with E-state index in [4.69, 9.17) is 9.47 Å². The zero-order valence-corrected chi connectivity index (χ0v) is 10.4. The van der Waals surface area contributed by atoms with Crippen LogP contribution in [-0.2, 0) is 14.3 Å². The first-order valence-corrected chi connectivity index (χ1v) is 6.12. The summed E-state index contributed by atoms with van der Waals surface area (Å²) in [6.07, 6.45) is 2.60. The Hall–Kier alpha value is -0.610. The fraction of sp³-hybridized carbons (Fsp3) is 0.917. The highest BCUT2D eigenvalue weighted by molar-refractivity contribution is 5.65. The number of ether oxygens (including phenoxy) is 2. The molecule has 0 N–H and O–H groups in total.